The van der Waals surface area contributed by atoms with Crippen LogP contribution in [0.3, 0.4) is 0 Å². The van der Waals surface area contributed by atoms with Gasteiger partial charge >= 0.3 is 0 Å². The molecule has 0 N–H and O–H groups in total. The summed E-state index contributed by atoms with van der Waals surface area (Å²) in [4.78, 5) is 2.51. The molecule has 1 unspecified atom stereocenters. The van der Waals surface area contributed by atoms with E-state index in [4.69, 9.17) is 0 Å². The Hall–Kier alpha value is 0.0500. The van der Waals surface area contributed by atoms with Gasteiger partial charge in [0.15, 0.2) is 0 Å². The first kappa shape index (κ1) is 12.1. The molecule has 0 aromatic carbocycles. The zero-order chi connectivity index (χ0) is 10.8. The van der Waals surface area contributed by atoms with Gasteiger partial charge in [0.1, 0.15) is 0 Å². The fourth-order valence-corrected chi connectivity index (χ4v) is 2.15. The predicted octanol–water partition coefficient (Wildman–Crippen LogP) is 2.84. The largest absolute Gasteiger partial charge is 0.299 e. The third-order valence-corrected chi connectivity index (χ3v) is 3.62. The maximum atomic E-state index is 4.24. The molecular formula is C12H23NS. The maximum Gasteiger partial charge on any atom is 0.0198 e. The van der Waals surface area contributed by atoms with Crippen LogP contribution in [0.2, 0.25) is 0 Å². The van der Waals surface area contributed by atoms with Crippen LogP contribution in [0.1, 0.15) is 27.2 Å². The molecule has 1 heterocycles. The third kappa shape index (κ3) is 3.32. The number of hydrogen-bond donors (Lipinski definition) is 1. The standard InChI is InChI=1S/C12H23NS/c1-10(9-14)7-13-6-5-11(8-13)12(2,3)4/h11,14H,1,5-9H2,2-4H3. The van der Waals surface area contributed by atoms with Crippen molar-refractivity contribution in [2.45, 2.75) is 27.2 Å². The van der Waals surface area contributed by atoms with Crippen molar-refractivity contribution in [2.75, 3.05) is 25.4 Å². The Balaban J connectivity index is 2.38. The Morgan fingerprint density at radius 2 is 2.14 bits per heavy atom. The minimum absolute atomic E-state index is 0.455. The van der Waals surface area contributed by atoms with Gasteiger partial charge in [-0.2, -0.15) is 12.6 Å². The summed E-state index contributed by atoms with van der Waals surface area (Å²) in [5.41, 5.74) is 1.69. The normalized spacial score (nSPS) is 24.1. The summed E-state index contributed by atoms with van der Waals surface area (Å²) in [5, 5.41) is 0. The van der Waals surface area contributed by atoms with E-state index >= 15 is 0 Å². The second-order valence-electron chi connectivity index (χ2n) is 5.49. The molecule has 14 heavy (non-hydrogen) atoms. The Bertz CT molecular complexity index is 205. The van der Waals surface area contributed by atoms with Crippen LogP contribution in [-0.2, 0) is 0 Å². The first-order chi connectivity index (χ1) is 6.43. The zero-order valence-electron chi connectivity index (χ0n) is 9.71. The molecule has 1 rings (SSSR count). The Labute approximate surface area is 94.0 Å². The minimum Gasteiger partial charge on any atom is -0.299 e. The van der Waals surface area contributed by atoms with Crippen LogP contribution in [0.15, 0.2) is 12.2 Å². The van der Waals surface area contributed by atoms with E-state index in [1.165, 1.54) is 25.1 Å². The highest BCUT2D eigenvalue weighted by Gasteiger charge is 2.31. The number of likely N-dealkylation sites (tertiary alicyclic amines) is 1. The van der Waals surface area contributed by atoms with E-state index in [2.05, 4.69) is 44.9 Å². The molecular weight excluding hydrogens is 190 g/mol. The minimum atomic E-state index is 0.455. The second kappa shape index (κ2) is 4.71. The Morgan fingerprint density at radius 1 is 1.50 bits per heavy atom. The summed E-state index contributed by atoms with van der Waals surface area (Å²) in [5.74, 6) is 1.66. The third-order valence-electron chi connectivity index (χ3n) is 3.17. The second-order valence-corrected chi connectivity index (χ2v) is 5.81. The molecule has 0 amide bonds. The predicted molar refractivity (Wildman–Crippen MR) is 67.0 cm³/mol. The molecule has 0 radical (unpaired) electrons. The van der Waals surface area contributed by atoms with Gasteiger partial charge in [-0.3, -0.25) is 4.90 Å². The Morgan fingerprint density at radius 3 is 2.57 bits per heavy atom. The Kier molecular flexibility index (Phi) is 4.08. The highest BCUT2D eigenvalue weighted by molar-refractivity contribution is 7.80. The summed E-state index contributed by atoms with van der Waals surface area (Å²) in [7, 11) is 0. The van der Waals surface area contributed by atoms with E-state index in [0.717, 1.165) is 18.2 Å². The van der Waals surface area contributed by atoms with Gasteiger partial charge < -0.3 is 0 Å². The summed E-state index contributed by atoms with van der Waals surface area (Å²) >= 11 is 4.24. The summed E-state index contributed by atoms with van der Waals surface area (Å²) in [6, 6.07) is 0. The van der Waals surface area contributed by atoms with Crippen molar-refractivity contribution >= 4 is 12.6 Å². The zero-order valence-corrected chi connectivity index (χ0v) is 10.6. The van der Waals surface area contributed by atoms with Gasteiger partial charge in [0.2, 0.25) is 0 Å². The highest BCUT2D eigenvalue weighted by Crippen LogP contribution is 2.33. The van der Waals surface area contributed by atoms with Crippen molar-refractivity contribution in [1.29, 1.82) is 0 Å². The molecule has 2 heteroatoms. The van der Waals surface area contributed by atoms with Crippen LogP contribution in [0.5, 0.6) is 0 Å². The van der Waals surface area contributed by atoms with E-state index in [1.54, 1.807) is 0 Å². The van der Waals surface area contributed by atoms with Gasteiger partial charge in [0, 0.05) is 18.8 Å². The first-order valence-electron chi connectivity index (χ1n) is 5.43. The molecule has 1 saturated heterocycles. The van der Waals surface area contributed by atoms with Crippen LogP contribution in [-0.4, -0.2) is 30.3 Å². The molecule has 82 valence electrons. The van der Waals surface area contributed by atoms with Crippen molar-refractivity contribution in [2.24, 2.45) is 11.3 Å². The van der Waals surface area contributed by atoms with Crippen molar-refractivity contribution in [3.05, 3.63) is 12.2 Å². The molecule has 1 nitrogen and oxygen atoms in total. The average molecular weight is 213 g/mol. The molecule has 0 spiro atoms. The van der Waals surface area contributed by atoms with Gasteiger partial charge in [0.25, 0.3) is 0 Å². The fourth-order valence-electron chi connectivity index (χ4n) is 2.05. The lowest BCUT2D eigenvalue weighted by atomic mass is 9.80. The monoisotopic (exact) mass is 213 g/mol. The van der Waals surface area contributed by atoms with Gasteiger partial charge in [-0.15, -0.1) is 0 Å². The molecule has 0 saturated carbocycles. The summed E-state index contributed by atoms with van der Waals surface area (Å²) < 4.78 is 0. The lowest BCUT2D eigenvalue weighted by Gasteiger charge is -2.27. The van der Waals surface area contributed by atoms with Crippen LogP contribution >= 0.6 is 12.6 Å². The molecule has 0 aromatic rings. The van der Waals surface area contributed by atoms with E-state index < -0.39 is 0 Å². The average Bonchev–Trinajstić information content (AvgIpc) is 2.51. The number of rotatable bonds is 3. The van der Waals surface area contributed by atoms with Crippen LogP contribution in [0.4, 0.5) is 0 Å². The quantitative estimate of drug-likeness (QED) is 0.557. The summed E-state index contributed by atoms with van der Waals surface area (Å²) in [6.07, 6.45) is 1.34. The number of nitrogens with zero attached hydrogens (tertiary/aromatic N) is 1. The van der Waals surface area contributed by atoms with E-state index in [1.807, 2.05) is 0 Å². The van der Waals surface area contributed by atoms with Crippen molar-refractivity contribution in [1.82, 2.24) is 4.90 Å². The summed E-state index contributed by atoms with van der Waals surface area (Å²) in [6.45, 7) is 14.5. The lowest BCUT2D eigenvalue weighted by Crippen LogP contribution is -2.27. The van der Waals surface area contributed by atoms with E-state index in [0.29, 0.717) is 5.41 Å². The SMILES string of the molecule is C=C(CS)CN1CCC(C(C)(C)C)C1. The van der Waals surface area contributed by atoms with Crippen molar-refractivity contribution < 1.29 is 0 Å². The van der Waals surface area contributed by atoms with Gasteiger partial charge in [-0.1, -0.05) is 32.9 Å². The fraction of sp³-hybridized carbons (Fsp3) is 0.833. The maximum absolute atomic E-state index is 4.24. The first-order valence-corrected chi connectivity index (χ1v) is 6.06. The molecule has 1 aliphatic heterocycles. The van der Waals surface area contributed by atoms with E-state index in [9.17, 15) is 0 Å². The van der Waals surface area contributed by atoms with Crippen molar-refractivity contribution in [3.63, 3.8) is 0 Å². The van der Waals surface area contributed by atoms with Gasteiger partial charge in [0.05, 0.1) is 0 Å². The van der Waals surface area contributed by atoms with Crippen LogP contribution in [0.25, 0.3) is 0 Å². The van der Waals surface area contributed by atoms with Crippen LogP contribution < -0.4 is 0 Å². The van der Waals surface area contributed by atoms with Gasteiger partial charge in [-0.25, -0.2) is 0 Å². The van der Waals surface area contributed by atoms with Gasteiger partial charge in [-0.05, 0) is 24.3 Å². The lowest BCUT2D eigenvalue weighted by molar-refractivity contribution is 0.235. The number of hydrogen-bond acceptors (Lipinski definition) is 2. The van der Waals surface area contributed by atoms with Crippen molar-refractivity contribution in [3.8, 4) is 0 Å². The molecule has 1 atom stereocenters. The highest BCUT2D eigenvalue weighted by atomic mass is 32.1. The molecule has 1 fully saturated rings. The smallest absolute Gasteiger partial charge is 0.0198 e. The number of thiol groups is 1. The molecule has 0 aliphatic carbocycles. The molecule has 0 aromatic heterocycles. The molecule has 1 aliphatic rings. The van der Waals surface area contributed by atoms with Crippen LogP contribution in [0, 0.1) is 11.3 Å². The van der Waals surface area contributed by atoms with E-state index in [-0.39, 0.29) is 0 Å². The topological polar surface area (TPSA) is 3.24 Å². The molecule has 0 bridgehead atoms.